The number of fused-ring (bicyclic) bond motifs is 1. The molecule has 0 unspecified atom stereocenters. The number of amides is 1. The van der Waals surface area contributed by atoms with Gasteiger partial charge < -0.3 is 9.73 Å². The minimum absolute atomic E-state index is 0.00338. The number of nitrogens with one attached hydrogen (secondary N) is 1. The van der Waals surface area contributed by atoms with Crippen molar-refractivity contribution >= 4 is 11.7 Å². The fraction of sp³-hybridized carbons (Fsp3) is 0.353. The van der Waals surface area contributed by atoms with Crippen molar-refractivity contribution in [2.75, 3.05) is 5.32 Å². The summed E-state index contributed by atoms with van der Waals surface area (Å²) in [6.45, 7) is 4.51. The number of nitrogens with zero attached hydrogens (tertiary/aromatic N) is 4. The van der Waals surface area contributed by atoms with Crippen molar-refractivity contribution in [3.63, 3.8) is 0 Å². The number of rotatable bonds is 3. The number of anilines is 1. The zero-order valence-electron chi connectivity index (χ0n) is 13.9. The predicted octanol–water partition coefficient (Wildman–Crippen LogP) is 2.35. The van der Waals surface area contributed by atoms with Crippen molar-refractivity contribution in [1.82, 2.24) is 19.6 Å². The highest BCUT2D eigenvalue weighted by atomic mass is 16.3. The highest BCUT2D eigenvalue weighted by molar-refractivity contribution is 5.94. The maximum atomic E-state index is 12.3. The number of aromatic nitrogens is 4. The highest BCUT2D eigenvalue weighted by Gasteiger charge is 2.33. The molecule has 4 rings (SSSR count). The van der Waals surface area contributed by atoms with Crippen LogP contribution in [0.2, 0.25) is 0 Å². The van der Waals surface area contributed by atoms with E-state index in [0.29, 0.717) is 13.0 Å². The molecule has 0 aromatic carbocycles. The lowest BCUT2D eigenvalue weighted by molar-refractivity contribution is -0.116. The minimum Gasteiger partial charge on any atom is -0.467 e. The number of hydrogen-bond donors (Lipinski definition) is 1. The molecule has 0 saturated carbocycles. The van der Waals surface area contributed by atoms with Crippen molar-refractivity contribution in [1.29, 1.82) is 0 Å². The number of carbonyl (C=O) groups is 1. The predicted molar refractivity (Wildman–Crippen MR) is 87.8 cm³/mol. The Morgan fingerprint density at radius 2 is 2.25 bits per heavy atom. The quantitative estimate of drug-likeness (QED) is 0.802. The van der Waals surface area contributed by atoms with Gasteiger partial charge in [0.05, 0.1) is 18.2 Å². The van der Waals surface area contributed by atoms with Gasteiger partial charge in [-0.1, -0.05) is 0 Å². The molecule has 0 saturated heterocycles. The molecule has 0 spiro atoms. The van der Waals surface area contributed by atoms with Crippen LogP contribution in [0.3, 0.4) is 0 Å². The van der Waals surface area contributed by atoms with Crippen molar-refractivity contribution < 1.29 is 9.21 Å². The topological polar surface area (TPSA) is 77.9 Å². The highest BCUT2D eigenvalue weighted by Crippen LogP contribution is 2.39. The Hall–Kier alpha value is -2.83. The first kappa shape index (κ1) is 14.7. The van der Waals surface area contributed by atoms with Gasteiger partial charge in [0.2, 0.25) is 5.91 Å². The van der Waals surface area contributed by atoms with Crippen LogP contribution in [0.25, 0.3) is 0 Å². The van der Waals surface area contributed by atoms with E-state index in [9.17, 15) is 4.79 Å². The molecule has 24 heavy (non-hydrogen) atoms. The molecule has 0 aliphatic carbocycles. The first-order valence-electron chi connectivity index (χ1n) is 7.92. The van der Waals surface area contributed by atoms with E-state index in [2.05, 4.69) is 15.5 Å². The SMILES string of the molecule is Cc1nn(C)c(C)c1[C@@H]1CC(=O)Nc2c1cnn2Cc1ccco1. The minimum atomic E-state index is -0.0206. The molecule has 0 bridgehead atoms. The van der Waals surface area contributed by atoms with Gasteiger partial charge in [-0.25, -0.2) is 4.68 Å². The van der Waals surface area contributed by atoms with Crippen molar-refractivity contribution in [3.8, 4) is 0 Å². The van der Waals surface area contributed by atoms with Gasteiger partial charge in [0, 0.05) is 36.2 Å². The third-order valence-corrected chi connectivity index (χ3v) is 4.69. The largest absolute Gasteiger partial charge is 0.467 e. The fourth-order valence-electron chi connectivity index (χ4n) is 3.49. The third kappa shape index (κ3) is 2.24. The summed E-state index contributed by atoms with van der Waals surface area (Å²) >= 11 is 0. The molecule has 4 heterocycles. The van der Waals surface area contributed by atoms with Crippen LogP contribution in [-0.4, -0.2) is 25.5 Å². The fourth-order valence-corrected chi connectivity index (χ4v) is 3.49. The van der Waals surface area contributed by atoms with Crippen LogP contribution in [0.5, 0.6) is 0 Å². The Bertz CT molecular complexity index is 904. The Balaban J connectivity index is 1.78. The average molecular weight is 325 g/mol. The average Bonchev–Trinajstić information content (AvgIpc) is 3.23. The smallest absolute Gasteiger partial charge is 0.226 e. The van der Waals surface area contributed by atoms with E-state index in [4.69, 9.17) is 4.42 Å². The Morgan fingerprint density at radius 1 is 1.42 bits per heavy atom. The molecule has 1 N–H and O–H groups in total. The summed E-state index contributed by atoms with van der Waals surface area (Å²) in [5.74, 6) is 1.52. The molecule has 3 aromatic heterocycles. The lowest BCUT2D eigenvalue weighted by Gasteiger charge is -2.24. The summed E-state index contributed by atoms with van der Waals surface area (Å²) in [6, 6.07) is 3.74. The zero-order valence-corrected chi connectivity index (χ0v) is 13.9. The van der Waals surface area contributed by atoms with Gasteiger partial charge in [-0.15, -0.1) is 0 Å². The van der Waals surface area contributed by atoms with Crippen molar-refractivity contribution in [2.45, 2.75) is 32.7 Å². The monoisotopic (exact) mass is 325 g/mol. The third-order valence-electron chi connectivity index (χ3n) is 4.69. The van der Waals surface area contributed by atoms with Crippen LogP contribution in [0, 0.1) is 13.8 Å². The zero-order chi connectivity index (χ0) is 16.8. The van der Waals surface area contributed by atoms with Gasteiger partial charge in [-0.05, 0) is 26.0 Å². The van der Waals surface area contributed by atoms with Crippen LogP contribution < -0.4 is 5.32 Å². The molecule has 1 amide bonds. The lowest BCUT2D eigenvalue weighted by atomic mass is 9.86. The van der Waals surface area contributed by atoms with Crippen molar-refractivity contribution in [3.05, 3.63) is 52.9 Å². The van der Waals surface area contributed by atoms with Crippen LogP contribution in [-0.2, 0) is 18.4 Å². The summed E-state index contributed by atoms with van der Waals surface area (Å²) in [4.78, 5) is 12.3. The molecule has 1 aliphatic rings. The lowest BCUT2D eigenvalue weighted by Crippen LogP contribution is -2.25. The van der Waals surface area contributed by atoms with Gasteiger partial charge in [0.25, 0.3) is 0 Å². The second kappa shape index (κ2) is 5.36. The molecule has 7 heteroatoms. The summed E-state index contributed by atoms with van der Waals surface area (Å²) in [6.07, 6.45) is 3.89. The van der Waals surface area contributed by atoms with Gasteiger partial charge in [-0.3, -0.25) is 9.48 Å². The normalized spacial score (nSPS) is 17.0. The molecule has 1 atom stereocenters. The van der Waals surface area contributed by atoms with Crippen LogP contribution in [0.1, 0.15) is 40.6 Å². The van der Waals surface area contributed by atoms with E-state index in [1.165, 1.54) is 0 Å². The molecule has 3 aromatic rings. The van der Waals surface area contributed by atoms with Crippen molar-refractivity contribution in [2.24, 2.45) is 7.05 Å². The van der Waals surface area contributed by atoms with E-state index in [1.807, 2.05) is 43.9 Å². The van der Waals surface area contributed by atoms with E-state index in [1.54, 1.807) is 10.9 Å². The Kier molecular flexibility index (Phi) is 3.30. The molecule has 1 aliphatic heterocycles. The molecule has 0 radical (unpaired) electrons. The van der Waals surface area contributed by atoms with Gasteiger partial charge in [0.15, 0.2) is 0 Å². The summed E-state index contributed by atoms with van der Waals surface area (Å²) in [5.41, 5.74) is 4.18. The number of furan rings is 1. The number of aryl methyl sites for hydroxylation is 2. The first-order valence-corrected chi connectivity index (χ1v) is 7.92. The molecule has 124 valence electrons. The summed E-state index contributed by atoms with van der Waals surface area (Å²) < 4.78 is 9.03. The second-order valence-electron chi connectivity index (χ2n) is 6.20. The Labute approximate surface area is 139 Å². The van der Waals surface area contributed by atoms with Gasteiger partial charge >= 0.3 is 0 Å². The number of hydrogen-bond acceptors (Lipinski definition) is 4. The molecule has 0 fully saturated rings. The summed E-state index contributed by atoms with van der Waals surface area (Å²) in [7, 11) is 1.93. The van der Waals surface area contributed by atoms with Crippen LogP contribution in [0.4, 0.5) is 5.82 Å². The van der Waals surface area contributed by atoms with Gasteiger partial charge in [0.1, 0.15) is 18.1 Å². The van der Waals surface area contributed by atoms with Crippen LogP contribution >= 0.6 is 0 Å². The standard InChI is InChI=1S/C17H19N5O2/c1-10-16(11(2)21(3)20-10)13-7-15(23)19-17-14(13)8-18-22(17)9-12-5-4-6-24-12/h4-6,8,13H,7,9H2,1-3H3,(H,19,23)/t13-/m1/s1. The van der Waals surface area contributed by atoms with E-state index in [-0.39, 0.29) is 11.8 Å². The summed E-state index contributed by atoms with van der Waals surface area (Å²) in [5, 5.41) is 11.9. The van der Waals surface area contributed by atoms with Crippen LogP contribution in [0.15, 0.2) is 29.0 Å². The maximum absolute atomic E-state index is 12.3. The van der Waals surface area contributed by atoms with Gasteiger partial charge in [-0.2, -0.15) is 10.2 Å². The molecular weight excluding hydrogens is 306 g/mol. The molecule has 7 nitrogen and oxygen atoms in total. The van der Waals surface area contributed by atoms with E-state index in [0.717, 1.165) is 34.1 Å². The first-order chi connectivity index (χ1) is 11.5. The second-order valence-corrected chi connectivity index (χ2v) is 6.20. The number of carbonyl (C=O) groups excluding carboxylic acids is 1. The Morgan fingerprint density at radius 3 is 2.92 bits per heavy atom. The van der Waals surface area contributed by atoms with E-state index >= 15 is 0 Å². The molecular formula is C17H19N5O2. The van der Waals surface area contributed by atoms with E-state index < -0.39 is 0 Å². The maximum Gasteiger partial charge on any atom is 0.226 e.